The van der Waals surface area contributed by atoms with Crippen LogP contribution in [0.1, 0.15) is 31.6 Å². The number of nitrogens with two attached hydrogens (primary N) is 1. The summed E-state index contributed by atoms with van der Waals surface area (Å²) in [5.41, 5.74) is 6.64. The number of aromatic nitrogens is 2. The van der Waals surface area contributed by atoms with E-state index in [0.29, 0.717) is 23.7 Å². The highest BCUT2D eigenvalue weighted by Gasteiger charge is 2.31. The predicted molar refractivity (Wildman–Crippen MR) is 72.2 cm³/mol. The molecule has 1 heterocycles. The average Bonchev–Trinajstić information content (AvgIpc) is 3.03. The van der Waals surface area contributed by atoms with Gasteiger partial charge in [-0.1, -0.05) is 18.0 Å². The molecule has 1 aromatic heterocycles. The molecular formula is C14H17N3O3. The van der Waals surface area contributed by atoms with Crippen molar-refractivity contribution in [1.29, 1.82) is 0 Å². The molecule has 1 saturated carbocycles. The smallest absolute Gasteiger partial charge is 0.228 e. The first kappa shape index (κ1) is 12.9. The Hall–Kier alpha value is -2.08. The molecule has 1 fully saturated rings. The number of hydrogen-bond acceptors (Lipinski definition) is 6. The second-order valence-corrected chi connectivity index (χ2v) is 5.46. The molecule has 1 aliphatic rings. The molecule has 2 aromatic rings. The van der Waals surface area contributed by atoms with E-state index in [0.717, 1.165) is 25.7 Å². The summed E-state index contributed by atoms with van der Waals surface area (Å²) in [6.07, 6.45) is 4.81. The Labute approximate surface area is 116 Å². The first-order chi connectivity index (χ1) is 9.56. The van der Waals surface area contributed by atoms with Gasteiger partial charge in [0.1, 0.15) is 0 Å². The Morgan fingerprint density at radius 2 is 1.95 bits per heavy atom. The number of hydrogen-bond donors (Lipinski definition) is 3. The Morgan fingerprint density at radius 1 is 1.20 bits per heavy atom. The molecule has 0 radical (unpaired) electrons. The van der Waals surface area contributed by atoms with Crippen LogP contribution in [0, 0.1) is 0 Å². The first-order valence-electron chi connectivity index (χ1n) is 6.70. The molecule has 1 aliphatic carbocycles. The molecule has 0 aliphatic heterocycles. The zero-order chi connectivity index (χ0) is 14.2. The molecule has 1 aromatic carbocycles. The van der Waals surface area contributed by atoms with Crippen LogP contribution in [0.5, 0.6) is 11.5 Å². The van der Waals surface area contributed by atoms with E-state index < -0.39 is 0 Å². The van der Waals surface area contributed by atoms with Gasteiger partial charge >= 0.3 is 0 Å². The van der Waals surface area contributed by atoms with Crippen molar-refractivity contribution in [2.24, 2.45) is 5.73 Å². The molecule has 0 bridgehead atoms. The average molecular weight is 275 g/mol. The molecule has 0 spiro atoms. The highest BCUT2D eigenvalue weighted by molar-refractivity contribution is 5.59. The minimum atomic E-state index is -0.235. The van der Waals surface area contributed by atoms with Gasteiger partial charge in [-0.15, -0.1) is 0 Å². The number of rotatable bonds is 3. The van der Waals surface area contributed by atoms with Crippen molar-refractivity contribution in [1.82, 2.24) is 10.1 Å². The zero-order valence-electron chi connectivity index (χ0n) is 11.0. The number of phenolic OH excluding ortho intramolecular Hbond substituents is 2. The maximum Gasteiger partial charge on any atom is 0.228 e. The lowest BCUT2D eigenvalue weighted by atomic mass is 9.95. The first-order valence-corrected chi connectivity index (χ1v) is 6.70. The molecule has 106 valence electrons. The van der Waals surface area contributed by atoms with Gasteiger partial charge < -0.3 is 20.5 Å². The summed E-state index contributed by atoms with van der Waals surface area (Å²) in [6, 6.07) is 4.41. The second kappa shape index (κ2) is 4.79. The summed E-state index contributed by atoms with van der Waals surface area (Å²) in [5, 5.41) is 22.7. The minimum absolute atomic E-state index is 0.177. The third kappa shape index (κ3) is 2.46. The maximum absolute atomic E-state index is 9.48. The van der Waals surface area contributed by atoms with Crippen molar-refractivity contribution in [2.45, 2.75) is 37.6 Å². The lowest BCUT2D eigenvalue weighted by molar-refractivity contribution is 0.329. The summed E-state index contributed by atoms with van der Waals surface area (Å²) in [6.45, 7) is 0. The minimum Gasteiger partial charge on any atom is -0.504 e. The molecule has 4 N–H and O–H groups in total. The highest BCUT2D eigenvalue weighted by Crippen LogP contribution is 2.32. The maximum atomic E-state index is 9.48. The van der Waals surface area contributed by atoms with E-state index >= 15 is 0 Å². The van der Waals surface area contributed by atoms with Gasteiger partial charge in [-0.25, -0.2) is 0 Å². The van der Waals surface area contributed by atoms with E-state index in [1.807, 2.05) is 0 Å². The molecule has 20 heavy (non-hydrogen) atoms. The Bertz CT molecular complexity index is 618. The lowest BCUT2D eigenvalue weighted by Crippen LogP contribution is -2.38. The fraction of sp³-hybridized carbons (Fsp3) is 0.429. The van der Waals surface area contributed by atoms with E-state index in [9.17, 15) is 10.2 Å². The summed E-state index contributed by atoms with van der Waals surface area (Å²) >= 11 is 0. The van der Waals surface area contributed by atoms with E-state index in [2.05, 4.69) is 10.1 Å². The van der Waals surface area contributed by atoms with Crippen LogP contribution in [0.4, 0.5) is 0 Å². The van der Waals surface area contributed by atoms with E-state index in [4.69, 9.17) is 10.3 Å². The standard InChI is InChI=1S/C14H17N3O3/c15-14(5-1-2-6-14)8-12-16-13(17-20-12)9-3-4-10(18)11(19)7-9/h3-4,7,18-19H,1-2,5-6,8,15H2. The van der Waals surface area contributed by atoms with Crippen molar-refractivity contribution in [2.75, 3.05) is 0 Å². The summed E-state index contributed by atoms with van der Waals surface area (Å²) in [7, 11) is 0. The second-order valence-electron chi connectivity index (χ2n) is 5.46. The van der Waals surface area contributed by atoms with Crippen molar-refractivity contribution >= 4 is 0 Å². The molecular weight excluding hydrogens is 258 g/mol. The predicted octanol–water partition coefficient (Wildman–Crippen LogP) is 1.96. The molecule has 6 heteroatoms. The van der Waals surface area contributed by atoms with Crippen LogP contribution in [0.3, 0.4) is 0 Å². The highest BCUT2D eigenvalue weighted by atomic mass is 16.5. The normalized spacial score (nSPS) is 17.4. The largest absolute Gasteiger partial charge is 0.504 e. The molecule has 3 rings (SSSR count). The van der Waals surface area contributed by atoms with Crippen molar-refractivity contribution in [3.05, 3.63) is 24.1 Å². The number of nitrogens with zero attached hydrogens (tertiary/aromatic N) is 2. The van der Waals surface area contributed by atoms with Crippen LogP contribution in [0.15, 0.2) is 22.7 Å². The fourth-order valence-electron chi connectivity index (χ4n) is 2.66. The van der Waals surface area contributed by atoms with Gasteiger partial charge in [0, 0.05) is 17.5 Å². The van der Waals surface area contributed by atoms with Gasteiger partial charge in [0.25, 0.3) is 0 Å². The molecule has 0 saturated heterocycles. The molecule has 0 atom stereocenters. The van der Waals surface area contributed by atoms with Crippen LogP contribution < -0.4 is 5.73 Å². The van der Waals surface area contributed by atoms with Gasteiger partial charge in [-0.05, 0) is 31.0 Å². The van der Waals surface area contributed by atoms with Crippen LogP contribution in [-0.4, -0.2) is 25.9 Å². The van der Waals surface area contributed by atoms with Gasteiger partial charge in [0.15, 0.2) is 11.5 Å². The Morgan fingerprint density at radius 3 is 2.65 bits per heavy atom. The van der Waals surface area contributed by atoms with Gasteiger partial charge in [0.2, 0.25) is 11.7 Å². The molecule has 6 nitrogen and oxygen atoms in total. The van der Waals surface area contributed by atoms with Gasteiger partial charge in [-0.2, -0.15) is 4.98 Å². The van der Waals surface area contributed by atoms with Crippen molar-refractivity contribution in [3.8, 4) is 22.9 Å². The van der Waals surface area contributed by atoms with Crippen LogP contribution >= 0.6 is 0 Å². The number of aromatic hydroxyl groups is 2. The van der Waals surface area contributed by atoms with Gasteiger partial charge in [0.05, 0.1) is 0 Å². The molecule has 0 unspecified atom stereocenters. The molecule has 0 amide bonds. The summed E-state index contributed by atoms with van der Waals surface area (Å²) in [5.74, 6) is 0.512. The summed E-state index contributed by atoms with van der Waals surface area (Å²) < 4.78 is 5.23. The topological polar surface area (TPSA) is 105 Å². The third-order valence-electron chi connectivity index (χ3n) is 3.80. The third-order valence-corrected chi connectivity index (χ3v) is 3.80. The van der Waals surface area contributed by atoms with Crippen LogP contribution in [-0.2, 0) is 6.42 Å². The quantitative estimate of drug-likeness (QED) is 0.739. The van der Waals surface area contributed by atoms with Crippen molar-refractivity contribution < 1.29 is 14.7 Å². The summed E-state index contributed by atoms with van der Waals surface area (Å²) in [4.78, 5) is 4.31. The van der Waals surface area contributed by atoms with Crippen LogP contribution in [0.25, 0.3) is 11.4 Å². The fourth-order valence-corrected chi connectivity index (χ4v) is 2.66. The number of phenols is 2. The van der Waals surface area contributed by atoms with Gasteiger partial charge in [-0.3, -0.25) is 0 Å². The SMILES string of the molecule is NC1(Cc2nc(-c3ccc(O)c(O)c3)no2)CCCC1. The van der Waals surface area contributed by atoms with E-state index in [1.165, 1.54) is 12.1 Å². The van der Waals surface area contributed by atoms with E-state index in [1.54, 1.807) is 6.07 Å². The Kier molecular flexibility index (Phi) is 3.10. The zero-order valence-corrected chi connectivity index (χ0v) is 11.0. The lowest BCUT2D eigenvalue weighted by Gasteiger charge is -2.20. The van der Waals surface area contributed by atoms with Crippen molar-refractivity contribution in [3.63, 3.8) is 0 Å². The van der Waals surface area contributed by atoms with E-state index in [-0.39, 0.29) is 17.0 Å². The Balaban J connectivity index is 1.81. The number of benzene rings is 1. The monoisotopic (exact) mass is 275 g/mol. The van der Waals surface area contributed by atoms with Crippen LogP contribution in [0.2, 0.25) is 0 Å².